The van der Waals surface area contributed by atoms with Crippen LogP contribution in [0.2, 0.25) is 0 Å². The number of hydrogen-bond acceptors (Lipinski definition) is 3. The van der Waals surface area contributed by atoms with Crippen LogP contribution in [0.25, 0.3) is 10.8 Å². The van der Waals surface area contributed by atoms with Gasteiger partial charge in [0.15, 0.2) is 0 Å². The van der Waals surface area contributed by atoms with E-state index in [2.05, 4.69) is 33.3 Å². The molecule has 1 fully saturated rings. The first kappa shape index (κ1) is 19.9. The normalized spacial score (nSPS) is 14.6. The van der Waals surface area contributed by atoms with Crippen LogP contribution in [0.3, 0.4) is 0 Å². The van der Waals surface area contributed by atoms with Crippen molar-refractivity contribution in [1.82, 2.24) is 9.99 Å². The van der Waals surface area contributed by atoms with Gasteiger partial charge < -0.3 is 10.7 Å². The van der Waals surface area contributed by atoms with Crippen LogP contribution >= 0.6 is 22.6 Å². The van der Waals surface area contributed by atoms with Crippen LogP contribution in [0.4, 0.5) is 4.39 Å². The van der Waals surface area contributed by atoms with Gasteiger partial charge in [-0.2, -0.15) is 0 Å². The molecule has 0 saturated heterocycles. The van der Waals surface area contributed by atoms with Gasteiger partial charge in [-0.1, -0.05) is 65.1 Å². The Balaban J connectivity index is 1.83. The van der Waals surface area contributed by atoms with E-state index in [9.17, 15) is 14.0 Å². The van der Waals surface area contributed by atoms with E-state index >= 15 is 0 Å². The molecule has 0 aliphatic heterocycles. The number of nitrogens with zero attached hydrogens (tertiary/aromatic N) is 1. The maximum atomic E-state index is 14.5. The summed E-state index contributed by atoms with van der Waals surface area (Å²) in [5.74, 6) is -0.543. The lowest BCUT2D eigenvalue weighted by Crippen LogP contribution is -2.36. The van der Waals surface area contributed by atoms with Crippen LogP contribution < -0.4 is 16.3 Å². The Morgan fingerprint density at radius 2 is 1.93 bits per heavy atom. The van der Waals surface area contributed by atoms with Crippen molar-refractivity contribution < 1.29 is 9.18 Å². The van der Waals surface area contributed by atoms with Gasteiger partial charge in [-0.15, -0.1) is 0 Å². The lowest BCUT2D eigenvalue weighted by Gasteiger charge is -2.22. The zero-order valence-corrected chi connectivity index (χ0v) is 18.1. The highest BCUT2D eigenvalue weighted by molar-refractivity contribution is 14.1. The van der Waals surface area contributed by atoms with Crippen LogP contribution in [-0.2, 0) is 0 Å². The van der Waals surface area contributed by atoms with Gasteiger partial charge >= 0.3 is 0 Å². The second-order valence-corrected chi connectivity index (χ2v) is 8.02. The lowest BCUT2D eigenvalue weighted by molar-refractivity contribution is 0.0932. The third kappa shape index (κ3) is 3.75. The molecule has 5 nitrogen and oxygen atoms in total. The van der Waals surface area contributed by atoms with E-state index in [1.165, 1.54) is 16.8 Å². The Hall–Kier alpha value is -2.42. The second-order valence-electron chi connectivity index (χ2n) is 7.25. The average molecular weight is 505 g/mol. The highest BCUT2D eigenvalue weighted by atomic mass is 127. The van der Waals surface area contributed by atoms with Gasteiger partial charge in [0.1, 0.15) is 5.82 Å². The Bertz CT molecular complexity index is 1130. The molecule has 3 aromatic rings. The number of carbonyl (C=O) groups excluding carboxylic acids is 1. The molecule has 1 aromatic heterocycles. The van der Waals surface area contributed by atoms with Crippen molar-refractivity contribution in [2.45, 2.75) is 25.8 Å². The number of amides is 1. The molecule has 2 aromatic carbocycles. The summed E-state index contributed by atoms with van der Waals surface area (Å²) in [4.78, 5) is 26.2. The number of nitrogens with one attached hydrogen (secondary N) is 2. The number of rotatable bonds is 6. The van der Waals surface area contributed by atoms with Crippen LogP contribution in [0.15, 0.2) is 53.3 Å². The molecule has 0 spiro atoms. The molecule has 1 heterocycles. The largest absolute Gasteiger partial charge is 0.345 e. The van der Waals surface area contributed by atoms with E-state index in [0.29, 0.717) is 27.1 Å². The zero-order valence-electron chi connectivity index (χ0n) is 15.9. The van der Waals surface area contributed by atoms with Gasteiger partial charge in [-0.25, -0.2) is 9.07 Å². The predicted molar refractivity (Wildman–Crippen MR) is 121 cm³/mol. The fraction of sp³-hybridized carbons (Fsp3) is 0.273. The van der Waals surface area contributed by atoms with Crippen LogP contribution in [0.5, 0.6) is 0 Å². The van der Waals surface area contributed by atoms with Crippen molar-refractivity contribution in [1.29, 1.82) is 0 Å². The molecule has 1 atom stereocenters. The maximum Gasteiger partial charge on any atom is 0.279 e. The third-order valence-corrected chi connectivity index (χ3v) is 5.72. The van der Waals surface area contributed by atoms with Gasteiger partial charge in [0.05, 0.1) is 27.2 Å². The van der Waals surface area contributed by atoms with E-state index in [0.717, 1.165) is 18.4 Å². The van der Waals surface area contributed by atoms with Crippen molar-refractivity contribution in [2.24, 2.45) is 5.92 Å². The summed E-state index contributed by atoms with van der Waals surface area (Å²) in [6, 6.07) is 14.2. The molecule has 1 aliphatic carbocycles. The first-order valence-electron chi connectivity index (χ1n) is 9.52. The minimum Gasteiger partial charge on any atom is -0.345 e. The highest BCUT2D eigenvalue weighted by Gasteiger charge is 2.34. The molecule has 1 saturated carbocycles. The summed E-state index contributed by atoms with van der Waals surface area (Å²) >= 11 is 2.07. The summed E-state index contributed by atoms with van der Waals surface area (Å²) in [7, 11) is 0. The van der Waals surface area contributed by atoms with Crippen molar-refractivity contribution >= 4 is 39.3 Å². The monoisotopic (exact) mass is 505 g/mol. The minimum absolute atomic E-state index is 0.0803. The molecular formula is C22H21FIN3O2. The second kappa shape index (κ2) is 8.14. The standard InChI is InChI=1S/C22H21FIN3O2/c1-13-18(16-8-5-9-17(23)19(16)22(29)27(13)25-12-24)21(28)26-20(15-10-11-15)14-6-3-2-4-7-14/h2-9,15,20,25H,10-12H2,1H3,(H,26,28)/t20-/m1/s1. The number of halogens is 2. The lowest BCUT2D eigenvalue weighted by atomic mass is 9.99. The molecule has 0 radical (unpaired) electrons. The van der Waals surface area contributed by atoms with Gasteiger partial charge in [-0.05, 0) is 37.3 Å². The van der Waals surface area contributed by atoms with Crippen LogP contribution in [0, 0.1) is 18.7 Å². The highest BCUT2D eigenvalue weighted by Crippen LogP contribution is 2.41. The number of benzene rings is 2. The van der Waals surface area contributed by atoms with Crippen molar-refractivity contribution in [3.63, 3.8) is 0 Å². The SMILES string of the molecule is Cc1c(C(=O)N[C@H](c2ccccc2)C2CC2)c2cccc(F)c2c(=O)n1NCI. The number of alkyl halides is 1. The molecule has 29 heavy (non-hydrogen) atoms. The molecule has 7 heteroatoms. The number of pyridine rings is 1. The van der Waals surface area contributed by atoms with Gasteiger partial charge in [0, 0.05) is 5.39 Å². The van der Waals surface area contributed by atoms with Gasteiger partial charge in [-0.3, -0.25) is 9.59 Å². The van der Waals surface area contributed by atoms with Crippen molar-refractivity contribution in [2.75, 3.05) is 9.98 Å². The fourth-order valence-corrected chi connectivity index (χ4v) is 4.18. The Morgan fingerprint density at radius 3 is 2.59 bits per heavy atom. The third-order valence-electron chi connectivity index (χ3n) is 5.38. The summed E-state index contributed by atoms with van der Waals surface area (Å²) in [6.07, 6.45) is 2.12. The minimum atomic E-state index is -0.632. The zero-order chi connectivity index (χ0) is 20.5. The van der Waals surface area contributed by atoms with E-state index in [4.69, 9.17) is 0 Å². The van der Waals surface area contributed by atoms with E-state index < -0.39 is 11.4 Å². The van der Waals surface area contributed by atoms with Gasteiger partial charge in [0.2, 0.25) is 0 Å². The predicted octanol–water partition coefficient (Wildman–Crippen LogP) is 4.27. The molecular weight excluding hydrogens is 484 g/mol. The first-order valence-corrected chi connectivity index (χ1v) is 11.0. The van der Waals surface area contributed by atoms with Crippen LogP contribution in [-0.4, -0.2) is 15.1 Å². The number of fused-ring (bicyclic) bond motifs is 1. The maximum absolute atomic E-state index is 14.5. The van der Waals surface area contributed by atoms with Crippen molar-refractivity contribution in [3.05, 3.63) is 81.5 Å². The van der Waals surface area contributed by atoms with Gasteiger partial charge in [0.25, 0.3) is 11.5 Å². The number of carbonyl (C=O) groups is 1. The number of hydrogen-bond donors (Lipinski definition) is 2. The van der Waals surface area contributed by atoms with Crippen LogP contribution in [0.1, 0.15) is 40.5 Å². The average Bonchev–Trinajstić information content (AvgIpc) is 3.55. The smallest absolute Gasteiger partial charge is 0.279 e. The first-order chi connectivity index (χ1) is 14.0. The Morgan fingerprint density at radius 1 is 1.21 bits per heavy atom. The molecule has 150 valence electrons. The summed E-state index contributed by atoms with van der Waals surface area (Å²) in [6.45, 7) is 1.70. The summed E-state index contributed by atoms with van der Waals surface area (Å²) in [5.41, 5.74) is 4.26. The van der Waals surface area contributed by atoms with E-state index in [1.807, 2.05) is 30.3 Å². The van der Waals surface area contributed by atoms with Crippen molar-refractivity contribution in [3.8, 4) is 0 Å². The quantitative estimate of drug-likeness (QED) is 0.299. The topological polar surface area (TPSA) is 63.1 Å². The Kier molecular flexibility index (Phi) is 5.58. The molecule has 1 amide bonds. The molecule has 4 rings (SSSR count). The van der Waals surface area contributed by atoms with E-state index in [-0.39, 0.29) is 17.3 Å². The Labute approximate surface area is 181 Å². The molecule has 1 aliphatic rings. The summed E-state index contributed by atoms with van der Waals surface area (Å²) in [5, 5.41) is 3.40. The fourth-order valence-electron chi connectivity index (χ4n) is 3.83. The van der Waals surface area contributed by atoms with E-state index in [1.54, 1.807) is 13.0 Å². The molecule has 0 unspecified atom stereocenters. The molecule has 0 bridgehead atoms. The summed E-state index contributed by atoms with van der Waals surface area (Å²) < 4.78 is 16.2. The number of aromatic nitrogens is 1. The molecule has 2 N–H and O–H groups in total.